The second-order valence-electron chi connectivity index (χ2n) is 4.21. The zero-order valence-electron chi connectivity index (χ0n) is 8.84. The smallest absolute Gasteiger partial charge is 0.132 e. The number of piperidine rings is 1. The summed E-state index contributed by atoms with van der Waals surface area (Å²) in [5, 5.41) is 6.94. The van der Waals surface area contributed by atoms with Crippen molar-refractivity contribution in [2.75, 3.05) is 33.4 Å². The third kappa shape index (κ3) is 2.25. The quantitative estimate of drug-likeness (QED) is 0.663. The highest BCUT2D eigenvalue weighted by Crippen LogP contribution is 2.23. The van der Waals surface area contributed by atoms with Gasteiger partial charge in [0.1, 0.15) is 5.72 Å². The van der Waals surface area contributed by atoms with Crippen LogP contribution in [-0.4, -0.2) is 45.2 Å². The van der Waals surface area contributed by atoms with Crippen molar-refractivity contribution in [3.63, 3.8) is 0 Å². The number of nitrogens with one attached hydrogen (secondary N) is 2. The van der Waals surface area contributed by atoms with Gasteiger partial charge in [0.25, 0.3) is 0 Å². The zero-order valence-corrected chi connectivity index (χ0v) is 8.84. The Morgan fingerprint density at radius 1 is 1.57 bits per heavy atom. The maximum Gasteiger partial charge on any atom is 0.132 e. The molecule has 2 aliphatic rings. The lowest BCUT2D eigenvalue weighted by atomic mass is 9.99. The van der Waals surface area contributed by atoms with Crippen molar-refractivity contribution in [3.8, 4) is 0 Å². The average molecular weight is 200 g/mol. The molecule has 0 saturated carbocycles. The van der Waals surface area contributed by atoms with Crippen molar-refractivity contribution in [1.29, 1.82) is 0 Å². The second-order valence-corrected chi connectivity index (χ2v) is 4.21. The van der Waals surface area contributed by atoms with E-state index in [0.717, 1.165) is 39.1 Å². The van der Waals surface area contributed by atoms with Gasteiger partial charge < -0.3 is 14.8 Å². The van der Waals surface area contributed by atoms with Crippen LogP contribution in [0.3, 0.4) is 0 Å². The van der Waals surface area contributed by atoms with E-state index in [9.17, 15) is 0 Å². The minimum Gasteiger partial charge on any atom is -0.383 e. The van der Waals surface area contributed by atoms with Crippen LogP contribution in [0.15, 0.2) is 0 Å². The molecule has 0 radical (unpaired) electrons. The minimum atomic E-state index is -0.111. The van der Waals surface area contributed by atoms with Crippen LogP contribution in [0.25, 0.3) is 0 Å². The molecule has 4 heteroatoms. The Kier molecular flexibility index (Phi) is 3.38. The van der Waals surface area contributed by atoms with Crippen molar-refractivity contribution >= 4 is 0 Å². The molecule has 2 rings (SSSR count). The largest absolute Gasteiger partial charge is 0.383 e. The molecule has 0 aromatic carbocycles. The molecule has 0 bridgehead atoms. The molecule has 2 fully saturated rings. The van der Waals surface area contributed by atoms with Crippen LogP contribution in [0.5, 0.6) is 0 Å². The van der Waals surface area contributed by atoms with E-state index in [1.807, 2.05) is 0 Å². The fourth-order valence-corrected chi connectivity index (χ4v) is 2.33. The Labute approximate surface area is 85.3 Å². The predicted octanol–water partition coefficient (Wildman–Crippen LogP) is 0.0910. The van der Waals surface area contributed by atoms with Crippen LogP contribution in [0.2, 0.25) is 0 Å². The second kappa shape index (κ2) is 4.57. The molecule has 2 aliphatic heterocycles. The first-order chi connectivity index (χ1) is 6.85. The molecule has 2 unspecified atom stereocenters. The summed E-state index contributed by atoms with van der Waals surface area (Å²) in [6.07, 6.45) is 3.35. The van der Waals surface area contributed by atoms with Gasteiger partial charge in [0.2, 0.25) is 0 Å². The van der Waals surface area contributed by atoms with E-state index in [1.54, 1.807) is 7.11 Å². The van der Waals surface area contributed by atoms with E-state index < -0.39 is 0 Å². The lowest BCUT2D eigenvalue weighted by Crippen LogP contribution is -2.64. The van der Waals surface area contributed by atoms with Gasteiger partial charge >= 0.3 is 0 Å². The van der Waals surface area contributed by atoms with E-state index >= 15 is 0 Å². The van der Waals surface area contributed by atoms with Crippen LogP contribution in [0.1, 0.15) is 19.3 Å². The summed E-state index contributed by atoms with van der Waals surface area (Å²) in [7, 11) is 1.75. The summed E-state index contributed by atoms with van der Waals surface area (Å²) < 4.78 is 11.0. The summed E-state index contributed by atoms with van der Waals surface area (Å²) in [4.78, 5) is 0. The summed E-state index contributed by atoms with van der Waals surface area (Å²) in [5.74, 6) is 0. The van der Waals surface area contributed by atoms with Crippen molar-refractivity contribution in [2.24, 2.45) is 0 Å². The van der Waals surface area contributed by atoms with Gasteiger partial charge in [-0.05, 0) is 25.8 Å². The van der Waals surface area contributed by atoms with Crippen LogP contribution < -0.4 is 10.6 Å². The maximum atomic E-state index is 5.85. The highest BCUT2D eigenvalue weighted by atomic mass is 16.5. The molecular weight excluding hydrogens is 180 g/mol. The van der Waals surface area contributed by atoms with Gasteiger partial charge in [0, 0.05) is 19.7 Å². The Morgan fingerprint density at radius 3 is 3.21 bits per heavy atom. The van der Waals surface area contributed by atoms with Gasteiger partial charge in [-0.2, -0.15) is 0 Å². The Balaban J connectivity index is 1.91. The molecule has 2 heterocycles. The van der Waals surface area contributed by atoms with Gasteiger partial charge in [-0.3, -0.25) is 5.32 Å². The van der Waals surface area contributed by atoms with Crippen molar-refractivity contribution in [1.82, 2.24) is 10.6 Å². The fraction of sp³-hybridized carbons (Fsp3) is 1.00. The summed E-state index contributed by atoms with van der Waals surface area (Å²) in [6, 6.07) is 0.452. The van der Waals surface area contributed by atoms with E-state index in [1.165, 1.54) is 6.42 Å². The fourth-order valence-electron chi connectivity index (χ4n) is 2.33. The van der Waals surface area contributed by atoms with Crippen LogP contribution in [0.4, 0.5) is 0 Å². The number of methoxy groups -OCH3 is 1. The van der Waals surface area contributed by atoms with E-state index in [4.69, 9.17) is 9.47 Å². The highest BCUT2D eigenvalue weighted by molar-refractivity contribution is 4.90. The topological polar surface area (TPSA) is 42.5 Å². The zero-order chi connectivity index (χ0) is 9.86. The Hall–Kier alpha value is -0.160. The molecule has 82 valence electrons. The normalized spacial score (nSPS) is 38.8. The third-order valence-electron chi connectivity index (χ3n) is 3.02. The first-order valence-corrected chi connectivity index (χ1v) is 5.46. The van der Waals surface area contributed by atoms with E-state index in [-0.39, 0.29) is 5.72 Å². The lowest BCUT2D eigenvalue weighted by Gasteiger charge is -2.44. The SMILES string of the molecule is COCC1CCOC2(CCCNC2)N1. The number of hydrogen-bond acceptors (Lipinski definition) is 4. The van der Waals surface area contributed by atoms with Crippen LogP contribution in [0, 0.1) is 0 Å². The van der Waals surface area contributed by atoms with Gasteiger partial charge in [-0.1, -0.05) is 0 Å². The Morgan fingerprint density at radius 2 is 2.50 bits per heavy atom. The van der Waals surface area contributed by atoms with Gasteiger partial charge in [-0.15, -0.1) is 0 Å². The number of hydrogen-bond donors (Lipinski definition) is 2. The molecule has 14 heavy (non-hydrogen) atoms. The minimum absolute atomic E-state index is 0.111. The molecular formula is C10H20N2O2. The third-order valence-corrected chi connectivity index (χ3v) is 3.02. The summed E-state index contributed by atoms with van der Waals surface area (Å²) >= 11 is 0. The molecule has 4 nitrogen and oxygen atoms in total. The van der Waals surface area contributed by atoms with Gasteiger partial charge in [0.05, 0.1) is 13.2 Å². The first kappa shape index (κ1) is 10.4. The number of ether oxygens (including phenoxy) is 2. The highest BCUT2D eigenvalue weighted by Gasteiger charge is 2.37. The van der Waals surface area contributed by atoms with Crippen molar-refractivity contribution in [2.45, 2.75) is 31.0 Å². The van der Waals surface area contributed by atoms with Gasteiger partial charge in [0.15, 0.2) is 0 Å². The molecule has 2 saturated heterocycles. The monoisotopic (exact) mass is 200 g/mol. The molecule has 0 aromatic rings. The maximum absolute atomic E-state index is 5.85. The van der Waals surface area contributed by atoms with E-state index in [2.05, 4.69) is 10.6 Å². The lowest BCUT2D eigenvalue weighted by molar-refractivity contribution is -0.127. The summed E-state index contributed by atoms with van der Waals surface area (Å²) in [6.45, 7) is 3.67. The van der Waals surface area contributed by atoms with Gasteiger partial charge in [-0.25, -0.2) is 0 Å². The summed E-state index contributed by atoms with van der Waals surface area (Å²) in [5.41, 5.74) is -0.111. The molecule has 2 N–H and O–H groups in total. The van der Waals surface area contributed by atoms with Crippen LogP contribution >= 0.6 is 0 Å². The first-order valence-electron chi connectivity index (χ1n) is 5.46. The van der Waals surface area contributed by atoms with Crippen molar-refractivity contribution in [3.05, 3.63) is 0 Å². The van der Waals surface area contributed by atoms with Crippen molar-refractivity contribution < 1.29 is 9.47 Å². The molecule has 0 amide bonds. The van der Waals surface area contributed by atoms with Crippen LogP contribution in [-0.2, 0) is 9.47 Å². The Bertz CT molecular complexity index is 173. The number of rotatable bonds is 2. The average Bonchev–Trinajstić information content (AvgIpc) is 2.19. The standard InChI is InChI=1S/C10H20N2O2/c1-13-7-9-3-6-14-10(12-9)4-2-5-11-8-10/h9,11-12H,2-8H2,1H3. The predicted molar refractivity (Wildman–Crippen MR) is 54.2 cm³/mol. The molecule has 1 spiro atoms. The molecule has 0 aromatic heterocycles. The van der Waals surface area contributed by atoms with E-state index in [0.29, 0.717) is 6.04 Å². The molecule has 0 aliphatic carbocycles. The molecule has 2 atom stereocenters.